The zero-order valence-electron chi connectivity index (χ0n) is 7.95. The molecule has 3 heteroatoms. The molecule has 1 nitrogen and oxygen atoms in total. The van der Waals surface area contributed by atoms with Gasteiger partial charge in [0.15, 0.2) is 0 Å². The van der Waals surface area contributed by atoms with Crippen LogP contribution in [0.5, 0.6) is 0 Å². The largest absolute Gasteiger partial charge is 1.00 e. The molecule has 0 fully saturated rings. The molecular weight excluding hydrogens is 188 g/mol. The fourth-order valence-corrected chi connectivity index (χ4v) is 0.651. The van der Waals surface area contributed by atoms with E-state index in [0.29, 0.717) is 0 Å². The molecule has 0 aliphatic carbocycles. The van der Waals surface area contributed by atoms with E-state index >= 15 is 0 Å². The summed E-state index contributed by atoms with van der Waals surface area (Å²) in [5.41, 5.74) is 3.12. The van der Waals surface area contributed by atoms with E-state index in [2.05, 4.69) is 17.2 Å². The maximum absolute atomic E-state index is 4.02. The molecule has 1 heterocycles. The molecular formula is C8H9K2N. The molecule has 0 aliphatic rings. The molecule has 0 amide bonds. The molecule has 0 saturated carbocycles. The van der Waals surface area contributed by atoms with Gasteiger partial charge in [0.25, 0.3) is 0 Å². The molecule has 0 atom stereocenters. The van der Waals surface area contributed by atoms with E-state index < -0.39 is 0 Å². The third-order valence-electron chi connectivity index (χ3n) is 1.31. The van der Waals surface area contributed by atoms with Crippen LogP contribution in [0.2, 0.25) is 0 Å². The standard InChI is InChI=1S/C8H9N.2K/c1-6-4-7(2)8(3)9-5-6;;/h1-3H3;;/q-2;2*+1. The first-order chi connectivity index (χ1) is 4.20. The monoisotopic (exact) mass is 197 g/mol. The smallest absolute Gasteiger partial charge is 0.525 e. The predicted molar refractivity (Wildman–Crippen MR) is 36.1 cm³/mol. The molecule has 0 saturated heterocycles. The van der Waals surface area contributed by atoms with Crippen molar-refractivity contribution in [2.24, 2.45) is 0 Å². The Morgan fingerprint density at radius 2 is 1.64 bits per heavy atom. The van der Waals surface area contributed by atoms with Crippen LogP contribution in [-0.2, 0) is 0 Å². The minimum atomic E-state index is 0. The van der Waals surface area contributed by atoms with Gasteiger partial charge in [0.05, 0.1) is 0 Å². The van der Waals surface area contributed by atoms with E-state index in [9.17, 15) is 0 Å². The Labute approximate surface area is 154 Å². The maximum Gasteiger partial charge on any atom is 1.00 e. The molecule has 1 aromatic heterocycles. The van der Waals surface area contributed by atoms with Crippen LogP contribution in [0.1, 0.15) is 16.8 Å². The van der Waals surface area contributed by atoms with Gasteiger partial charge in [-0.2, -0.15) is 5.69 Å². The van der Waals surface area contributed by atoms with E-state index in [1.807, 2.05) is 20.8 Å². The van der Waals surface area contributed by atoms with Crippen molar-refractivity contribution in [3.63, 3.8) is 0 Å². The van der Waals surface area contributed by atoms with Crippen molar-refractivity contribution >= 4 is 0 Å². The van der Waals surface area contributed by atoms with Gasteiger partial charge in [0, 0.05) is 0 Å². The molecule has 1 rings (SSSR count). The number of pyridine rings is 1. The van der Waals surface area contributed by atoms with Gasteiger partial charge in [0.2, 0.25) is 0 Å². The van der Waals surface area contributed by atoms with Gasteiger partial charge in [-0.1, -0.05) is 13.8 Å². The predicted octanol–water partition coefficient (Wildman–Crippen LogP) is -4.38. The Morgan fingerprint density at radius 3 is 2.00 bits per heavy atom. The van der Waals surface area contributed by atoms with E-state index in [0.717, 1.165) is 16.8 Å². The SMILES string of the molecule is Cc1[c-]nc(C)c(C)[c-]1.[K+].[K+]. The number of rotatable bonds is 0. The minimum absolute atomic E-state index is 0. The Bertz CT molecular complexity index is 223. The van der Waals surface area contributed by atoms with Crippen LogP contribution >= 0.6 is 0 Å². The summed E-state index contributed by atoms with van der Waals surface area (Å²) in [6.45, 7) is 5.91. The van der Waals surface area contributed by atoms with Crippen molar-refractivity contribution in [2.45, 2.75) is 20.8 Å². The average molecular weight is 197 g/mol. The van der Waals surface area contributed by atoms with Crippen molar-refractivity contribution in [2.75, 3.05) is 0 Å². The quantitative estimate of drug-likeness (QED) is 0.302. The third kappa shape index (κ3) is 5.67. The first-order valence-corrected chi connectivity index (χ1v) is 2.95. The van der Waals surface area contributed by atoms with Crippen molar-refractivity contribution in [3.8, 4) is 0 Å². The van der Waals surface area contributed by atoms with Crippen molar-refractivity contribution in [3.05, 3.63) is 29.1 Å². The summed E-state index contributed by atoms with van der Waals surface area (Å²) in [7, 11) is 0. The zero-order valence-corrected chi connectivity index (χ0v) is 14.2. The summed E-state index contributed by atoms with van der Waals surface area (Å²) >= 11 is 0. The van der Waals surface area contributed by atoms with E-state index in [4.69, 9.17) is 0 Å². The van der Waals surface area contributed by atoms with Crippen LogP contribution in [0.25, 0.3) is 0 Å². The Hall–Kier alpha value is 2.42. The van der Waals surface area contributed by atoms with Crippen LogP contribution in [0.4, 0.5) is 0 Å². The van der Waals surface area contributed by atoms with Gasteiger partial charge in [0.1, 0.15) is 0 Å². The second-order valence-electron chi connectivity index (χ2n) is 2.18. The minimum Gasteiger partial charge on any atom is -0.525 e. The van der Waals surface area contributed by atoms with Gasteiger partial charge in [-0.25, -0.2) is 0 Å². The van der Waals surface area contributed by atoms with Crippen molar-refractivity contribution in [1.29, 1.82) is 0 Å². The molecule has 0 unspecified atom stereocenters. The fraction of sp³-hybridized carbons (Fsp3) is 0.375. The topological polar surface area (TPSA) is 12.9 Å². The first-order valence-electron chi connectivity index (χ1n) is 2.95. The van der Waals surface area contributed by atoms with Crippen LogP contribution in [0.3, 0.4) is 0 Å². The van der Waals surface area contributed by atoms with Gasteiger partial charge < -0.3 is 11.1 Å². The molecule has 0 aromatic carbocycles. The van der Waals surface area contributed by atoms with E-state index in [-0.39, 0.29) is 103 Å². The molecule has 0 spiro atoms. The van der Waals surface area contributed by atoms with Crippen LogP contribution in [-0.4, -0.2) is 4.98 Å². The molecule has 11 heavy (non-hydrogen) atoms. The van der Waals surface area contributed by atoms with Gasteiger partial charge in [-0.15, -0.1) is 6.92 Å². The molecule has 0 aliphatic heterocycles. The summed E-state index contributed by atoms with van der Waals surface area (Å²) in [5.74, 6) is 0. The van der Waals surface area contributed by atoms with Gasteiger partial charge in [-0.3, -0.25) is 17.3 Å². The molecule has 48 valence electrons. The number of aryl methyl sites for hydroxylation is 3. The van der Waals surface area contributed by atoms with Crippen molar-refractivity contribution < 1.29 is 103 Å². The van der Waals surface area contributed by atoms with Gasteiger partial charge >= 0.3 is 103 Å². The first kappa shape index (κ1) is 15.9. The molecule has 1 aromatic rings. The number of hydrogen-bond donors (Lipinski definition) is 0. The summed E-state index contributed by atoms with van der Waals surface area (Å²) in [6, 6.07) is 3.12. The number of aromatic nitrogens is 1. The number of hydrogen-bond acceptors (Lipinski definition) is 1. The average Bonchev–Trinajstić information content (AvgIpc) is 1.80. The summed E-state index contributed by atoms with van der Waals surface area (Å²) in [5, 5.41) is 0. The summed E-state index contributed by atoms with van der Waals surface area (Å²) < 4.78 is 0. The van der Waals surface area contributed by atoms with Crippen LogP contribution in [0.15, 0.2) is 0 Å². The van der Waals surface area contributed by atoms with Crippen LogP contribution in [0, 0.1) is 33.0 Å². The Kier molecular flexibility index (Phi) is 11.2. The molecule has 0 bridgehead atoms. The molecule has 0 radical (unpaired) electrons. The summed E-state index contributed by atoms with van der Waals surface area (Å²) in [4.78, 5) is 4.02. The normalized spacial score (nSPS) is 7.91. The maximum atomic E-state index is 4.02. The third-order valence-corrected chi connectivity index (χ3v) is 1.31. The zero-order chi connectivity index (χ0) is 6.85. The van der Waals surface area contributed by atoms with E-state index in [1.165, 1.54) is 0 Å². The van der Waals surface area contributed by atoms with E-state index in [1.54, 1.807) is 0 Å². The second kappa shape index (κ2) is 7.79. The summed E-state index contributed by atoms with van der Waals surface area (Å²) in [6.07, 6.45) is 2.83. The second-order valence-corrected chi connectivity index (χ2v) is 2.18. The fourth-order valence-electron chi connectivity index (χ4n) is 0.651. The van der Waals surface area contributed by atoms with Crippen LogP contribution < -0.4 is 103 Å². The Morgan fingerprint density at radius 1 is 1.09 bits per heavy atom. The molecule has 0 N–H and O–H groups in total. The van der Waals surface area contributed by atoms with Crippen molar-refractivity contribution in [1.82, 2.24) is 4.98 Å². The van der Waals surface area contributed by atoms with Gasteiger partial charge in [-0.05, 0) is 0 Å². The number of nitrogens with zero attached hydrogens (tertiary/aromatic N) is 1. The Balaban J connectivity index is 0.